The van der Waals surface area contributed by atoms with Gasteiger partial charge in [-0.1, -0.05) is 36.8 Å². The Morgan fingerprint density at radius 1 is 1.00 bits per heavy atom. The molecule has 2 aromatic rings. The smallest absolute Gasteiger partial charge is 0.274 e. The zero-order valence-electron chi connectivity index (χ0n) is 17.9. The van der Waals surface area contributed by atoms with E-state index in [0.29, 0.717) is 0 Å². The Kier molecular flexibility index (Phi) is 9.05. The predicted octanol–water partition coefficient (Wildman–Crippen LogP) is 3.54. The zero-order valence-corrected chi connectivity index (χ0v) is 18.7. The lowest BCUT2D eigenvalue weighted by Crippen LogP contribution is -2.46. The van der Waals surface area contributed by atoms with Gasteiger partial charge in [0.05, 0.1) is 6.26 Å². The van der Waals surface area contributed by atoms with Gasteiger partial charge in [0.15, 0.2) is 5.75 Å². The summed E-state index contributed by atoms with van der Waals surface area (Å²) in [6.07, 6.45) is 6.15. The fourth-order valence-electron chi connectivity index (χ4n) is 3.90. The molecule has 2 aromatic carbocycles. The number of piperazine rings is 1. The molecule has 1 fully saturated rings. The highest BCUT2D eigenvalue weighted by atomic mass is 32.2. The van der Waals surface area contributed by atoms with E-state index in [9.17, 15) is 9.35 Å². The van der Waals surface area contributed by atoms with Crippen molar-refractivity contribution < 1.29 is 9.35 Å². The molecule has 1 atom stereocenters. The monoisotopic (exact) mass is 427 g/mol. The Labute approximate surface area is 183 Å². The quantitative estimate of drug-likeness (QED) is 0.465. The maximum absolute atomic E-state index is 11.8. The summed E-state index contributed by atoms with van der Waals surface area (Å²) < 4.78 is 11.2. The second-order valence-corrected chi connectivity index (χ2v) is 9.38. The molecule has 0 aromatic heterocycles. The topological polar surface area (TPSA) is 58.6 Å². The second kappa shape index (κ2) is 12.0. The van der Waals surface area contributed by atoms with Crippen LogP contribution in [0.3, 0.4) is 0 Å². The van der Waals surface area contributed by atoms with Crippen LogP contribution in [0.2, 0.25) is 0 Å². The number of carbonyl (C=O) groups is 1. The van der Waals surface area contributed by atoms with E-state index in [1.807, 2.05) is 18.2 Å². The summed E-state index contributed by atoms with van der Waals surface area (Å²) in [5.41, 5.74) is 3.36. The number of benzene rings is 2. The minimum absolute atomic E-state index is 0.0455. The van der Waals surface area contributed by atoms with Gasteiger partial charge in [-0.15, -0.1) is 0 Å². The van der Waals surface area contributed by atoms with E-state index in [1.54, 1.807) is 6.26 Å². The fraction of sp³-hybridized carbons (Fsp3) is 0.458. The van der Waals surface area contributed by atoms with Gasteiger partial charge in [-0.3, -0.25) is 9.69 Å². The van der Waals surface area contributed by atoms with Gasteiger partial charge in [0, 0.05) is 37.6 Å². The van der Waals surface area contributed by atoms with Crippen LogP contribution >= 0.6 is 0 Å². The van der Waals surface area contributed by atoms with Crippen LogP contribution in [0.4, 0.5) is 11.4 Å². The molecule has 0 radical (unpaired) electrons. The summed E-state index contributed by atoms with van der Waals surface area (Å²) in [4.78, 5) is 16.8. The summed E-state index contributed by atoms with van der Waals surface area (Å²) in [5, 5.41) is 2.83. The SMILES string of the molecule is C[S+]([O-])CC(=O)Nc1cccc(CCCCCN2CCN(c3ccccc3)CC2)c1. The number of hydrogen-bond donors (Lipinski definition) is 1. The Balaban J connectivity index is 1.30. The van der Waals surface area contributed by atoms with Crippen molar-refractivity contribution >= 4 is 28.5 Å². The maximum atomic E-state index is 11.8. The molecule has 0 aliphatic carbocycles. The van der Waals surface area contributed by atoms with Crippen LogP contribution < -0.4 is 10.2 Å². The molecular weight excluding hydrogens is 394 g/mol. The van der Waals surface area contributed by atoms with Crippen molar-refractivity contribution in [2.24, 2.45) is 0 Å². The predicted molar refractivity (Wildman–Crippen MR) is 127 cm³/mol. The molecule has 0 saturated carbocycles. The van der Waals surface area contributed by atoms with Crippen molar-refractivity contribution in [1.29, 1.82) is 0 Å². The Morgan fingerprint density at radius 3 is 2.50 bits per heavy atom. The normalized spacial score (nSPS) is 15.7. The lowest BCUT2D eigenvalue weighted by Gasteiger charge is -2.36. The molecule has 5 nitrogen and oxygen atoms in total. The van der Waals surface area contributed by atoms with Crippen LogP contribution in [0.25, 0.3) is 0 Å². The molecule has 0 bridgehead atoms. The van der Waals surface area contributed by atoms with Gasteiger partial charge < -0.3 is 14.8 Å². The molecule has 1 N–H and O–H groups in total. The van der Waals surface area contributed by atoms with Gasteiger partial charge in [-0.25, -0.2) is 0 Å². The van der Waals surface area contributed by atoms with Crippen LogP contribution in [0, 0.1) is 0 Å². The standard InChI is InChI=1S/C24H33N3O2S/c1-30(29)20-24(28)25-22-11-8-10-21(19-22)9-4-3-7-14-26-15-17-27(18-16-26)23-12-5-2-6-13-23/h2,5-6,8,10-13,19H,3-4,7,9,14-18,20H2,1H3,(H,25,28). The molecule has 1 aliphatic rings. The fourth-order valence-corrected chi connectivity index (χ4v) is 4.34. The molecule has 1 amide bonds. The first kappa shape index (κ1) is 22.7. The van der Waals surface area contributed by atoms with Crippen molar-refractivity contribution in [3.63, 3.8) is 0 Å². The van der Waals surface area contributed by atoms with E-state index >= 15 is 0 Å². The van der Waals surface area contributed by atoms with Gasteiger partial charge in [0.25, 0.3) is 5.91 Å². The van der Waals surface area contributed by atoms with Gasteiger partial charge in [-0.05, 0) is 66.8 Å². The Hall–Kier alpha value is -2.02. The number of anilines is 2. The highest BCUT2D eigenvalue weighted by molar-refractivity contribution is 7.91. The lowest BCUT2D eigenvalue weighted by molar-refractivity contribution is -0.113. The number of nitrogens with one attached hydrogen (secondary N) is 1. The lowest BCUT2D eigenvalue weighted by atomic mass is 10.1. The summed E-state index contributed by atoms with van der Waals surface area (Å²) in [7, 11) is 0. The van der Waals surface area contributed by atoms with E-state index in [1.165, 1.54) is 30.6 Å². The number of aryl methyl sites for hydroxylation is 1. The molecule has 1 heterocycles. The van der Waals surface area contributed by atoms with E-state index in [2.05, 4.69) is 51.5 Å². The number of nitrogens with zero attached hydrogens (tertiary/aromatic N) is 2. The zero-order chi connectivity index (χ0) is 21.2. The van der Waals surface area contributed by atoms with Crippen LogP contribution in [-0.2, 0) is 22.4 Å². The third-order valence-corrected chi connectivity index (χ3v) is 6.15. The molecule has 6 heteroatoms. The third-order valence-electron chi connectivity index (χ3n) is 5.48. The number of unbranched alkanes of at least 4 members (excludes halogenated alkanes) is 2. The molecule has 1 aliphatic heterocycles. The molecule has 1 saturated heterocycles. The molecule has 0 spiro atoms. The first-order valence-corrected chi connectivity index (χ1v) is 12.5. The van der Waals surface area contributed by atoms with Gasteiger partial charge in [-0.2, -0.15) is 0 Å². The first-order chi connectivity index (χ1) is 14.6. The summed E-state index contributed by atoms with van der Waals surface area (Å²) in [5.74, 6) is -0.149. The third kappa shape index (κ3) is 7.67. The largest absolute Gasteiger partial charge is 0.616 e. The molecular formula is C24H33N3O2S. The number of carbonyl (C=O) groups excluding carboxylic acids is 1. The van der Waals surface area contributed by atoms with Gasteiger partial charge in [0.1, 0.15) is 0 Å². The molecule has 30 heavy (non-hydrogen) atoms. The second-order valence-electron chi connectivity index (χ2n) is 7.94. The van der Waals surface area contributed by atoms with Crippen LogP contribution in [0.15, 0.2) is 54.6 Å². The van der Waals surface area contributed by atoms with Crippen LogP contribution in [0.1, 0.15) is 24.8 Å². The average molecular weight is 428 g/mol. The van der Waals surface area contributed by atoms with E-state index in [4.69, 9.17) is 0 Å². The van der Waals surface area contributed by atoms with E-state index in [0.717, 1.165) is 44.7 Å². The van der Waals surface area contributed by atoms with Crippen LogP contribution in [0.5, 0.6) is 0 Å². The molecule has 162 valence electrons. The highest BCUT2D eigenvalue weighted by Crippen LogP contribution is 2.17. The van der Waals surface area contributed by atoms with Crippen molar-refractivity contribution in [1.82, 2.24) is 4.90 Å². The summed E-state index contributed by atoms with van der Waals surface area (Å²) >= 11 is -1.11. The Bertz CT molecular complexity index is 777. The average Bonchev–Trinajstić information content (AvgIpc) is 2.74. The highest BCUT2D eigenvalue weighted by Gasteiger charge is 2.16. The minimum atomic E-state index is -1.11. The van der Waals surface area contributed by atoms with Crippen molar-refractivity contribution in [2.45, 2.75) is 25.7 Å². The van der Waals surface area contributed by atoms with Crippen LogP contribution in [-0.4, -0.2) is 60.1 Å². The first-order valence-electron chi connectivity index (χ1n) is 10.8. The number of amides is 1. The van der Waals surface area contributed by atoms with Crippen molar-refractivity contribution in [2.75, 3.05) is 54.9 Å². The molecule has 3 rings (SSSR count). The molecule has 1 unspecified atom stereocenters. The van der Waals surface area contributed by atoms with E-state index in [-0.39, 0.29) is 11.7 Å². The Morgan fingerprint density at radius 2 is 1.77 bits per heavy atom. The van der Waals surface area contributed by atoms with Crippen molar-refractivity contribution in [3.05, 3.63) is 60.2 Å². The number of hydrogen-bond acceptors (Lipinski definition) is 4. The maximum Gasteiger partial charge on any atom is 0.274 e. The van der Waals surface area contributed by atoms with Crippen molar-refractivity contribution in [3.8, 4) is 0 Å². The van der Waals surface area contributed by atoms with Gasteiger partial charge in [0.2, 0.25) is 0 Å². The minimum Gasteiger partial charge on any atom is -0.616 e. The summed E-state index contributed by atoms with van der Waals surface area (Å²) in [6.45, 7) is 5.66. The summed E-state index contributed by atoms with van der Waals surface area (Å²) in [6, 6.07) is 18.7. The van der Waals surface area contributed by atoms with E-state index < -0.39 is 11.2 Å². The van der Waals surface area contributed by atoms with Gasteiger partial charge >= 0.3 is 0 Å². The number of rotatable bonds is 10. The number of para-hydroxylation sites is 1.